The van der Waals surface area contributed by atoms with E-state index in [-0.39, 0.29) is 5.91 Å². The van der Waals surface area contributed by atoms with Gasteiger partial charge in [0.2, 0.25) is 0 Å². The number of hydrogen-bond donors (Lipinski definition) is 0. The molecule has 0 spiro atoms. The van der Waals surface area contributed by atoms with E-state index < -0.39 is 0 Å². The molecule has 2 heterocycles. The minimum absolute atomic E-state index is 0.00395. The minimum atomic E-state index is 0.00395. The number of morpholine rings is 1. The Morgan fingerprint density at radius 2 is 1.71 bits per heavy atom. The molecule has 3 aromatic rings. The molecule has 0 N–H and O–H groups in total. The third-order valence-corrected chi connectivity index (χ3v) is 4.96. The largest absolute Gasteiger partial charge is 0.378 e. The highest BCUT2D eigenvalue weighted by Gasteiger charge is 2.14. The summed E-state index contributed by atoms with van der Waals surface area (Å²) < 4.78 is 7.18. The number of carbonyl (C=O) groups is 1. The fourth-order valence-corrected chi connectivity index (χ4v) is 3.38. The zero-order chi connectivity index (χ0) is 19.3. The number of ether oxygens (including phenoxy) is 1. The van der Waals surface area contributed by atoms with Gasteiger partial charge in [-0.2, -0.15) is 5.10 Å². The van der Waals surface area contributed by atoms with Gasteiger partial charge < -0.3 is 14.5 Å². The van der Waals surface area contributed by atoms with Gasteiger partial charge in [0.15, 0.2) is 0 Å². The molecule has 0 unspecified atom stereocenters. The summed E-state index contributed by atoms with van der Waals surface area (Å²) in [5.41, 5.74) is 3.92. The van der Waals surface area contributed by atoms with Gasteiger partial charge in [0.1, 0.15) is 0 Å². The van der Waals surface area contributed by atoms with E-state index >= 15 is 0 Å². The first-order valence-electron chi connectivity index (χ1n) is 9.48. The standard InChI is InChI=1S/C22H24N4O2/c1-24(17-18-3-7-20(8-4-18)25-13-15-28-16-14-25)22(27)19-5-9-21(10-6-19)26-12-2-11-23-26/h2-12H,13-17H2,1H3. The summed E-state index contributed by atoms with van der Waals surface area (Å²) in [7, 11) is 1.83. The lowest BCUT2D eigenvalue weighted by atomic mass is 10.1. The number of carbonyl (C=O) groups excluding carboxylic acids is 1. The number of rotatable bonds is 5. The predicted octanol–water partition coefficient (Wildman–Crippen LogP) is 2.98. The third kappa shape index (κ3) is 4.07. The summed E-state index contributed by atoms with van der Waals surface area (Å²) in [6, 6.07) is 17.8. The van der Waals surface area contributed by atoms with Crippen molar-refractivity contribution in [2.45, 2.75) is 6.54 Å². The van der Waals surface area contributed by atoms with E-state index in [1.54, 1.807) is 15.8 Å². The lowest BCUT2D eigenvalue weighted by Crippen LogP contribution is -2.36. The Morgan fingerprint density at radius 1 is 1.04 bits per heavy atom. The van der Waals surface area contributed by atoms with E-state index in [2.05, 4.69) is 34.3 Å². The van der Waals surface area contributed by atoms with Gasteiger partial charge in [0.05, 0.1) is 18.9 Å². The number of amides is 1. The van der Waals surface area contributed by atoms with Crippen molar-refractivity contribution in [3.05, 3.63) is 78.1 Å². The highest BCUT2D eigenvalue weighted by atomic mass is 16.5. The predicted molar refractivity (Wildman–Crippen MR) is 109 cm³/mol. The molecule has 1 saturated heterocycles. The van der Waals surface area contributed by atoms with Crippen LogP contribution in [0.4, 0.5) is 5.69 Å². The van der Waals surface area contributed by atoms with E-state index in [9.17, 15) is 4.79 Å². The first-order valence-corrected chi connectivity index (χ1v) is 9.48. The van der Waals surface area contributed by atoms with E-state index in [1.165, 1.54) is 5.69 Å². The maximum absolute atomic E-state index is 12.7. The smallest absolute Gasteiger partial charge is 0.253 e. The first kappa shape index (κ1) is 18.3. The Labute approximate surface area is 164 Å². The number of anilines is 1. The molecule has 6 heteroatoms. The van der Waals surface area contributed by atoms with Crippen LogP contribution in [-0.4, -0.2) is 53.9 Å². The Balaban J connectivity index is 1.38. The Morgan fingerprint density at radius 3 is 2.36 bits per heavy atom. The molecule has 0 radical (unpaired) electrons. The summed E-state index contributed by atoms with van der Waals surface area (Å²) in [5, 5.41) is 4.20. The molecule has 1 aliphatic rings. The lowest BCUT2D eigenvalue weighted by Gasteiger charge is -2.29. The second-order valence-corrected chi connectivity index (χ2v) is 6.92. The number of nitrogens with zero attached hydrogens (tertiary/aromatic N) is 4. The van der Waals surface area contributed by atoms with E-state index in [0.29, 0.717) is 12.1 Å². The van der Waals surface area contributed by atoms with Gasteiger partial charge in [-0.05, 0) is 48.0 Å². The maximum atomic E-state index is 12.7. The lowest BCUT2D eigenvalue weighted by molar-refractivity contribution is 0.0785. The molecule has 144 valence electrons. The normalized spacial score (nSPS) is 14.1. The van der Waals surface area contributed by atoms with Gasteiger partial charge in [-0.1, -0.05) is 12.1 Å². The molecule has 6 nitrogen and oxygen atoms in total. The zero-order valence-electron chi connectivity index (χ0n) is 16.0. The number of hydrogen-bond acceptors (Lipinski definition) is 4. The second-order valence-electron chi connectivity index (χ2n) is 6.92. The van der Waals surface area contributed by atoms with Crippen LogP contribution in [0, 0.1) is 0 Å². The Bertz CT molecular complexity index is 899. The number of aromatic nitrogens is 2. The van der Waals surface area contributed by atoms with E-state index in [1.807, 2.05) is 43.6 Å². The van der Waals surface area contributed by atoms with Crippen LogP contribution in [0.15, 0.2) is 67.0 Å². The van der Waals surface area contributed by atoms with Crippen LogP contribution in [0.1, 0.15) is 15.9 Å². The third-order valence-electron chi connectivity index (χ3n) is 4.96. The van der Waals surface area contributed by atoms with E-state index in [4.69, 9.17) is 4.74 Å². The highest BCUT2D eigenvalue weighted by Crippen LogP contribution is 2.18. The van der Waals surface area contributed by atoms with Crippen molar-refractivity contribution in [2.24, 2.45) is 0 Å². The van der Waals surface area contributed by atoms with E-state index in [0.717, 1.165) is 37.6 Å². The SMILES string of the molecule is CN(Cc1ccc(N2CCOCC2)cc1)C(=O)c1ccc(-n2cccn2)cc1. The second kappa shape index (κ2) is 8.27. The monoisotopic (exact) mass is 376 g/mol. The molecular formula is C22H24N4O2. The van der Waals surface area contributed by atoms with Crippen molar-refractivity contribution < 1.29 is 9.53 Å². The maximum Gasteiger partial charge on any atom is 0.253 e. The fraction of sp³-hybridized carbons (Fsp3) is 0.273. The van der Waals surface area contributed by atoms with Gasteiger partial charge in [0.25, 0.3) is 5.91 Å². The molecule has 2 aromatic carbocycles. The van der Waals surface area contributed by atoms with Crippen LogP contribution in [-0.2, 0) is 11.3 Å². The van der Waals surface area contributed by atoms with Gasteiger partial charge in [-0.25, -0.2) is 4.68 Å². The van der Waals surface area contributed by atoms with Gasteiger partial charge >= 0.3 is 0 Å². The van der Waals surface area contributed by atoms with Crippen molar-refractivity contribution in [1.82, 2.24) is 14.7 Å². The Kier molecular flexibility index (Phi) is 5.39. The highest BCUT2D eigenvalue weighted by molar-refractivity contribution is 5.94. The Hall–Kier alpha value is -3.12. The molecule has 4 rings (SSSR count). The molecule has 0 aliphatic carbocycles. The zero-order valence-corrected chi connectivity index (χ0v) is 16.0. The van der Waals surface area contributed by atoms with Crippen molar-refractivity contribution >= 4 is 11.6 Å². The molecule has 1 amide bonds. The van der Waals surface area contributed by atoms with Crippen molar-refractivity contribution in [3.63, 3.8) is 0 Å². The summed E-state index contributed by atoms with van der Waals surface area (Å²) in [6.07, 6.45) is 3.61. The van der Waals surface area contributed by atoms with Crippen molar-refractivity contribution in [1.29, 1.82) is 0 Å². The fourth-order valence-electron chi connectivity index (χ4n) is 3.38. The molecule has 0 saturated carbocycles. The summed E-state index contributed by atoms with van der Waals surface area (Å²) >= 11 is 0. The summed E-state index contributed by atoms with van der Waals surface area (Å²) in [5.74, 6) is 0.00395. The van der Waals surface area contributed by atoms with Crippen LogP contribution >= 0.6 is 0 Å². The van der Waals surface area contributed by atoms with Crippen LogP contribution < -0.4 is 4.90 Å². The summed E-state index contributed by atoms with van der Waals surface area (Å²) in [6.45, 7) is 3.97. The molecule has 1 aliphatic heterocycles. The van der Waals surface area contributed by atoms with Crippen LogP contribution in [0.3, 0.4) is 0 Å². The average molecular weight is 376 g/mol. The molecule has 0 atom stereocenters. The minimum Gasteiger partial charge on any atom is -0.378 e. The van der Waals surface area contributed by atoms with Crippen LogP contribution in [0.25, 0.3) is 5.69 Å². The molecule has 1 aromatic heterocycles. The van der Waals surface area contributed by atoms with Crippen molar-refractivity contribution in [2.75, 3.05) is 38.3 Å². The average Bonchev–Trinajstić information content (AvgIpc) is 3.29. The molecule has 28 heavy (non-hydrogen) atoms. The van der Waals surface area contributed by atoms with Crippen LogP contribution in [0.5, 0.6) is 0 Å². The topological polar surface area (TPSA) is 50.6 Å². The van der Waals surface area contributed by atoms with Crippen molar-refractivity contribution in [3.8, 4) is 5.69 Å². The molecular weight excluding hydrogens is 352 g/mol. The molecule has 1 fully saturated rings. The van der Waals surface area contributed by atoms with Gasteiger partial charge in [-0.3, -0.25) is 4.79 Å². The first-order chi connectivity index (χ1) is 13.7. The number of benzene rings is 2. The van der Waals surface area contributed by atoms with Gasteiger partial charge in [0, 0.05) is 50.3 Å². The quantitative estimate of drug-likeness (QED) is 0.687. The van der Waals surface area contributed by atoms with Gasteiger partial charge in [-0.15, -0.1) is 0 Å². The summed E-state index contributed by atoms with van der Waals surface area (Å²) in [4.78, 5) is 16.8. The van der Waals surface area contributed by atoms with Crippen LogP contribution in [0.2, 0.25) is 0 Å². The molecule has 0 bridgehead atoms.